The zero-order chi connectivity index (χ0) is 18.1. The van der Waals surface area contributed by atoms with E-state index in [1.54, 1.807) is 13.0 Å². The standard InChI is InChI=1S/C17H10ClFN2O4/c1-9-5-6-10(7-15(9)21(23)24)16-20-14(17(22)25-16)8-11-12(18)3-2-4-13(11)19/h2-8H,1H3/b14-8-. The molecule has 8 heteroatoms. The van der Waals surface area contributed by atoms with Gasteiger partial charge < -0.3 is 4.74 Å². The van der Waals surface area contributed by atoms with Crippen LogP contribution in [0.1, 0.15) is 16.7 Å². The number of carbonyl (C=O) groups excluding carboxylic acids is 1. The molecule has 0 N–H and O–H groups in total. The number of aliphatic imine (C=N–C) groups is 1. The maximum absolute atomic E-state index is 13.8. The topological polar surface area (TPSA) is 81.8 Å². The highest BCUT2D eigenvalue weighted by Crippen LogP contribution is 2.26. The van der Waals surface area contributed by atoms with Gasteiger partial charge in [0.1, 0.15) is 5.82 Å². The zero-order valence-corrected chi connectivity index (χ0v) is 13.6. The summed E-state index contributed by atoms with van der Waals surface area (Å²) in [6.07, 6.45) is 1.18. The summed E-state index contributed by atoms with van der Waals surface area (Å²) in [5, 5.41) is 11.1. The molecule has 0 saturated carbocycles. The molecule has 0 atom stereocenters. The van der Waals surface area contributed by atoms with Gasteiger partial charge in [-0.15, -0.1) is 0 Å². The molecule has 0 saturated heterocycles. The van der Waals surface area contributed by atoms with Crippen LogP contribution in [0.3, 0.4) is 0 Å². The van der Waals surface area contributed by atoms with Gasteiger partial charge in [0.2, 0.25) is 5.90 Å². The van der Waals surface area contributed by atoms with Gasteiger partial charge in [0.05, 0.1) is 9.95 Å². The Balaban J connectivity index is 2.03. The van der Waals surface area contributed by atoms with Crippen molar-refractivity contribution in [2.24, 2.45) is 4.99 Å². The van der Waals surface area contributed by atoms with Crippen molar-refractivity contribution in [3.05, 3.63) is 79.7 Å². The minimum atomic E-state index is -0.794. The first-order valence-electron chi connectivity index (χ1n) is 7.09. The summed E-state index contributed by atoms with van der Waals surface area (Å²) >= 11 is 5.92. The summed E-state index contributed by atoms with van der Waals surface area (Å²) in [5.41, 5.74) is 0.480. The highest BCUT2D eigenvalue weighted by Gasteiger charge is 2.26. The molecule has 1 aliphatic rings. The smallest absolute Gasteiger partial charge is 0.363 e. The summed E-state index contributed by atoms with van der Waals surface area (Å²) in [5.74, 6) is -1.49. The van der Waals surface area contributed by atoms with Gasteiger partial charge in [-0.05, 0) is 31.2 Å². The lowest BCUT2D eigenvalue weighted by atomic mass is 10.1. The van der Waals surface area contributed by atoms with E-state index in [2.05, 4.69) is 4.99 Å². The number of nitrogens with zero attached hydrogens (tertiary/aromatic N) is 2. The van der Waals surface area contributed by atoms with Gasteiger partial charge >= 0.3 is 5.97 Å². The molecule has 25 heavy (non-hydrogen) atoms. The van der Waals surface area contributed by atoms with Crippen molar-refractivity contribution in [2.45, 2.75) is 6.92 Å². The Kier molecular flexibility index (Phi) is 4.33. The zero-order valence-electron chi connectivity index (χ0n) is 12.8. The average molecular weight is 361 g/mol. The number of esters is 1. The lowest BCUT2D eigenvalue weighted by Gasteiger charge is -2.01. The molecule has 2 aromatic rings. The summed E-state index contributed by atoms with van der Waals surface area (Å²) in [4.78, 5) is 26.5. The van der Waals surface area contributed by atoms with Crippen LogP contribution in [0.5, 0.6) is 0 Å². The summed E-state index contributed by atoms with van der Waals surface area (Å²) < 4.78 is 18.9. The van der Waals surface area contributed by atoms with E-state index >= 15 is 0 Å². The van der Waals surface area contributed by atoms with Crippen molar-refractivity contribution < 1.29 is 18.8 Å². The van der Waals surface area contributed by atoms with Crippen molar-refractivity contribution in [1.29, 1.82) is 0 Å². The Labute approximate surface area is 146 Å². The molecule has 1 heterocycles. The van der Waals surface area contributed by atoms with E-state index in [1.165, 1.54) is 36.4 Å². The van der Waals surface area contributed by atoms with Gasteiger partial charge in [-0.2, -0.15) is 0 Å². The molecule has 0 bridgehead atoms. The Morgan fingerprint density at radius 3 is 2.76 bits per heavy atom. The van der Waals surface area contributed by atoms with Gasteiger partial charge in [-0.25, -0.2) is 14.2 Å². The van der Waals surface area contributed by atoms with Crippen molar-refractivity contribution in [1.82, 2.24) is 0 Å². The third-order valence-corrected chi connectivity index (χ3v) is 3.88. The average Bonchev–Trinajstić information content (AvgIpc) is 2.92. The van der Waals surface area contributed by atoms with E-state index in [0.29, 0.717) is 5.56 Å². The van der Waals surface area contributed by atoms with Crippen LogP contribution in [0.4, 0.5) is 10.1 Å². The minimum absolute atomic E-state index is 0.0102. The van der Waals surface area contributed by atoms with Crippen molar-refractivity contribution in [3.8, 4) is 0 Å². The van der Waals surface area contributed by atoms with Crippen LogP contribution in [-0.2, 0) is 9.53 Å². The second kappa shape index (κ2) is 6.45. The maximum Gasteiger partial charge on any atom is 0.363 e. The molecule has 1 aliphatic heterocycles. The van der Waals surface area contributed by atoms with Gasteiger partial charge in [0, 0.05) is 22.8 Å². The van der Waals surface area contributed by atoms with Crippen molar-refractivity contribution in [3.63, 3.8) is 0 Å². The number of cyclic esters (lactones) is 1. The fourth-order valence-electron chi connectivity index (χ4n) is 2.26. The lowest BCUT2D eigenvalue weighted by Crippen LogP contribution is -2.06. The molecule has 6 nitrogen and oxygen atoms in total. The molecule has 0 aromatic heterocycles. The first-order chi connectivity index (χ1) is 11.9. The summed E-state index contributed by atoms with van der Waals surface area (Å²) in [6, 6.07) is 8.46. The number of rotatable bonds is 3. The summed E-state index contributed by atoms with van der Waals surface area (Å²) in [6.45, 7) is 1.59. The van der Waals surface area contributed by atoms with Gasteiger partial charge in [-0.3, -0.25) is 10.1 Å². The molecule has 0 spiro atoms. The molecular formula is C17H10ClFN2O4. The quantitative estimate of drug-likeness (QED) is 0.358. The Morgan fingerprint density at radius 1 is 1.32 bits per heavy atom. The van der Waals surface area contributed by atoms with E-state index in [0.717, 1.165) is 0 Å². The molecule has 0 aliphatic carbocycles. The van der Waals surface area contributed by atoms with Crippen LogP contribution >= 0.6 is 11.6 Å². The fourth-order valence-corrected chi connectivity index (χ4v) is 2.47. The van der Waals surface area contributed by atoms with Crippen LogP contribution < -0.4 is 0 Å². The van der Waals surface area contributed by atoms with Gasteiger partial charge in [0.15, 0.2) is 5.70 Å². The number of halogens is 2. The predicted molar refractivity (Wildman–Crippen MR) is 89.8 cm³/mol. The van der Waals surface area contributed by atoms with Crippen LogP contribution in [-0.4, -0.2) is 16.8 Å². The molecule has 0 amide bonds. The van der Waals surface area contributed by atoms with Crippen molar-refractivity contribution >= 4 is 35.2 Å². The monoisotopic (exact) mass is 360 g/mol. The molecule has 126 valence electrons. The summed E-state index contributed by atoms with van der Waals surface area (Å²) in [7, 11) is 0. The van der Waals surface area contributed by atoms with E-state index < -0.39 is 16.7 Å². The first-order valence-corrected chi connectivity index (χ1v) is 7.46. The first kappa shape index (κ1) is 16.8. The molecule has 0 fully saturated rings. The van der Waals surface area contributed by atoms with Gasteiger partial charge in [0.25, 0.3) is 5.69 Å². The number of carbonyl (C=O) groups is 1. The number of hydrogen-bond acceptors (Lipinski definition) is 5. The molecule has 3 rings (SSSR count). The van der Waals surface area contributed by atoms with Gasteiger partial charge in [-0.1, -0.05) is 23.7 Å². The van der Waals surface area contributed by atoms with Crippen LogP contribution in [0, 0.1) is 22.9 Å². The number of ether oxygens (including phenoxy) is 1. The van der Waals surface area contributed by atoms with E-state index in [1.807, 2.05) is 0 Å². The molecule has 0 radical (unpaired) electrons. The fraction of sp³-hybridized carbons (Fsp3) is 0.0588. The second-order valence-corrected chi connectivity index (χ2v) is 5.64. The van der Waals surface area contributed by atoms with E-state index in [4.69, 9.17) is 16.3 Å². The minimum Gasteiger partial charge on any atom is -0.402 e. The van der Waals surface area contributed by atoms with E-state index in [9.17, 15) is 19.3 Å². The Bertz CT molecular complexity index is 949. The molecule has 0 unspecified atom stereocenters. The highest BCUT2D eigenvalue weighted by molar-refractivity contribution is 6.32. The number of aryl methyl sites for hydroxylation is 1. The normalized spacial score (nSPS) is 15.2. The van der Waals surface area contributed by atoms with Crippen LogP contribution in [0.2, 0.25) is 5.02 Å². The Morgan fingerprint density at radius 2 is 2.08 bits per heavy atom. The SMILES string of the molecule is Cc1ccc(C2=N/C(=C\c3c(F)cccc3Cl)C(=O)O2)cc1[N+](=O)[O-]. The second-order valence-electron chi connectivity index (χ2n) is 5.23. The van der Waals surface area contributed by atoms with Crippen molar-refractivity contribution in [2.75, 3.05) is 0 Å². The van der Waals surface area contributed by atoms with E-state index in [-0.39, 0.29) is 33.4 Å². The number of nitro groups is 1. The molecule has 2 aromatic carbocycles. The third-order valence-electron chi connectivity index (χ3n) is 3.55. The number of benzene rings is 2. The number of hydrogen-bond donors (Lipinski definition) is 0. The molecular weight excluding hydrogens is 351 g/mol. The van der Waals surface area contributed by atoms with Crippen LogP contribution in [0.15, 0.2) is 47.1 Å². The lowest BCUT2D eigenvalue weighted by molar-refractivity contribution is -0.385. The number of nitro benzene ring substituents is 1. The third kappa shape index (κ3) is 3.27. The predicted octanol–water partition coefficient (Wildman–Crippen LogP) is 4.04. The van der Waals surface area contributed by atoms with Crippen LogP contribution in [0.25, 0.3) is 6.08 Å². The maximum atomic E-state index is 13.8. The Hall–Kier alpha value is -3.06. The largest absolute Gasteiger partial charge is 0.402 e. The highest BCUT2D eigenvalue weighted by atomic mass is 35.5.